The number of ether oxygens (including phenoxy) is 1. The number of nitrogens with zero attached hydrogens (tertiary/aromatic N) is 2. The summed E-state index contributed by atoms with van der Waals surface area (Å²) < 4.78 is 31.1. The minimum absolute atomic E-state index is 0.0411. The van der Waals surface area contributed by atoms with Crippen molar-refractivity contribution in [3.8, 4) is 0 Å². The van der Waals surface area contributed by atoms with Crippen molar-refractivity contribution in [2.24, 2.45) is 5.73 Å². The first-order valence-electron chi connectivity index (χ1n) is 5.39. The molecule has 0 bridgehead atoms. The number of aromatic nitrogens is 2. The van der Waals surface area contributed by atoms with E-state index in [9.17, 15) is 8.42 Å². The maximum atomic E-state index is 12.3. The van der Waals surface area contributed by atoms with Crippen molar-refractivity contribution in [3.63, 3.8) is 0 Å². The van der Waals surface area contributed by atoms with Crippen LogP contribution >= 0.6 is 0 Å². The minimum Gasteiger partial charge on any atom is -0.379 e. The second-order valence-electron chi connectivity index (χ2n) is 3.85. The second kappa shape index (κ2) is 4.73. The highest BCUT2D eigenvalue weighted by Crippen LogP contribution is 2.20. The average Bonchev–Trinajstić information content (AvgIpc) is 2.72. The molecule has 0 aliphatic carbocycles. The summed E-state index contributed by atoms with van der Waals surface area (Å²) in [6.07, 6.45) is 0. The van der Waals surface area contributed by atoms with Gasteiger partial charge in [0.2, 0.25) is 0 Å². The molecular formula is C9H16N4O3S. The van der Waals surface area contributed by atoms with Gasteiger partial charge in [-0.1, -0.05) is 0 Å². The van der Waals surface area contributed by atoms with E-state index in [0.29, 0.717) is 37.6 Å². The Hall–Kier alpha value is -0.960. The molecule has 0 aromatic carbocycles. The molecule has 0 saturated carbocycles. The SMILES string of the molecule is Cc1[nH]nc(S(=O)(=O)N2CCOCC2)c1CN. The van der Waals surface area contributed by atoms with E-state index in [0.717, 1.165) is 0 Å². The first-order chi connectivity index (χ1) is 8.07. The molecule has 1 aliphatic rings. The van der Waals surface area contributed by atoms with Crippen molar-refractivity contribution in [1.82, 2.24) is 14.5 Å². The fourth-order valence-corrected chi connectivity index (χ4v) is 3.38. The van der Waals surface area contributed by atoms with Crippen LogP contribution in [0.25, 0.3) is 0 Å². The Morgan fingerprint density at radius 3 is 2.71 bits per heavy atom. The van der Waals surface area contributed by atoms with Crippen LogP contribution < -0.4 is 5.73 Å². The average molecular weight is 260 g/mol. The standard InChI is InChI=1S/C9H16N4O3S/c1-7-8(6-10)9(12-11-7)17(14,15)13-2-4-16-5-3-13/h2-6,10H2,1H3,(H,11,12). The van der Waals surface area contributed by atoms with Crippen LogP contribution in [0.1, 0.15) is 11.3 Å². The fraction of sp³-hybridized carbons (Fsp3) is 0.667. The number of morpholine rings is 1. The van der Waals surface area contributed by atoms with E-state index in [-0.39, 0.29) is 11.6 Å². The highest BCUT2D eigenvalue weighted by atomic mass is 32.2. The molecule has 0 spiro atoms. The molecule has 0 atom stereocenters. The van der Waals surface area contributed by atoms with Gasteiger partial charge in [-0.3, -0.25) is 5.10 Å². The Bertz CT molecular complexity index is 490. The van der Waals surface area contributed by atoms with Crippen molar-refractivity contribution in [3.05, 3.63) is 11.3 Å². The van der Waals surface area contributed by atoms with Crippen LogP contribution in [-0.4, -0.2) is 49.2 Å². The molecule has 1 saturated heterocycles. The van der Waals surface area contributed by atoms with Crippen LogP contribution in [0.2, 0.25) is 0 Å². The maximum absolute atomic E-state index is 12.3. The van der Waals surface area contributed by atoms with Gasteiger partial charge in [0.25, 0.3) is 10.0 Å². The number of aromatic amines is 1. The number of H-pyrrole nitrogens is 1. The maximum Gasteiger partial charge on any atom is 0.262 e. The largest absolute Gasteiger partial charge is 0.379 e. The fourth-order valence-electron chi connectivity index (χ4n) is 1.79. The van der Waals surface area contributed by atoms with Crippen LogP contribution in [0.4, 0.5) is 0 Å². The Morgan fingerprint density at radius 2 is 2.12 bits per heavy atom. The molecule has 1 aromatic heterocycles. The van der Waals surface area contributed by atoms with Crippen LogP contribution in [0.3, 0.4) is 0 Å². The number of rotatable bonds is 3. The molecule has 3 N–H and O–H groups in total. The predicted octanol–water partition coefficient (Wildman–Crippen LogP) is -0.802. The van der Waals surface area contributed by atoms with Gasteiger partial charge >= 0.3 is 0 Å². The molecule has 1 aliphatic heterocycles. The summed E-state index contributed by atoms with van der Waals surface area (Å²) in [5.41, 5.74) is 6.80. The molecular weight excluding hydrogens is 244 g/mol. The molecule has 2 rings (SSSR count). The normalized spacial score (nSPS) is 18.5. The predicted molar refractivity (Wildman–Crippen MR) is 60.8 cm³/mol. The smallest absolute Gasteiger partial charge is 0.262 e. The van der Waals surface area contributed by atoms with Gasteiger partial charge in [0.1, 0.15) is 0 Å². The van der Waals surface area contributed by atoms with E-state index < -0.39 is 10.0 Å². The summed E-state index contributed by atoms with van der Waals surface area (Å²) in [7, 11) is -3.55. The van der Waals surface area contributed by atoms with Gasteiger partial charge in [-0.2, -0.15) is 9.40 Å². The number of nitrogens with one attached hydrogen (secondary N) is 1. The third kappa shape index (κ3) is 2.21. The lowest BCUT2D eigenvalue weighted by molar-refractivity contribution is 0.0729. The second-order valence-corrected chi connectivity index (χ2v) is 5.71. The van der Waals surface area contributed by atoms with Gasteiger partial charge in [-0.05, 0) is 6.92 Å². The quantitative estimate of drug-likeness (QED) is 0.740. The molecule has 8 heteroatoms. The first kappa shape index (κ1) is 12.5. The zero-order chi connectivity index (χ0) is 12.5. The number of aryl methyl sites for hydroxylation is 1. The van der Waals surface area contributed by atoms with Gasteiger partial charge in [0, 0.05) is 30.9 Å². The van der Waals surface area contributed by atoms with E-state index in [1.807, 2.05) is 0 Å². The molecule has 17 heavy (non-hydrogen) atoms. The molecule has 2 heterocycles. The number of hydrogen-bond acceptors (Lipinski definition) is 5. The highest BCUT2D eigenvalue weighted by molar-refractivity contribution is 7.89. The van der Waals surface area contributed by atoms with Crippen molar-refractivity contribution >= 4 is 10.0 Å². The number of hydrogen-bond donors (Lipinski definition) is 2. The van der Waals surface area contributed by atoms with Gasteiger partial charge in [-0.15, -0.1) is 0 Å². The van der Waals surface area contributed by atoms with Crippen molar-refractivity contribution in [1.29, 1.82) is 0 Å². The number of nitrogens with two attached hydrogens (primary N) is 1. The van der Waals surface area contributed by atoms with Crippen LogP contribution in [0.15, 0.2) is 5.03 Å². The monoisotopic (exact) mass is 260 g/mol. The van der Waals surface area contributed by atoms with Gasteiger partial charge in [0.05, 0.1) is 13.2 Å². The molecule has 0 amide bonds. The van der Waals surface area contributed by atoms with Crippen molar-refractivity contribution in [2.75, 3.05) is 26.3 Å². The molecule has 96 valence electrons. The molecule has 0 unspecified atom stereocenters. The van der Waals surface area contributed by atoms with Gasteiger partial charge in [0.15, 0.2) is 5.03 Å². The van der Waals surface area contributed by atoms with E-state index >= 15 is 0 Å². The van der Waals surface area contributed by atoms with E-state index in [2.05, 4.69) is 10.2 Å². The summed E-state index contributed by atoms with van der Waals surface area (Å²) in [5, 5.41) is 6.57. The topological polar surface area (TPSA) is 101 Å². The lowest BCUT2D eigenvalue weighted by Crippen LogP contribution is -2.41. The van der Waals surface area contributed by atoms with Crippen molar-refractivity contribution in [2.45, 2.75) is 18.5 Å². The molecule has 0 radical (unpaired) electrons. The Kier molecular flexibility index (Phi) is 3.48. The van der Waals surface area contributed by atoms with Gasteiger partial charge in [-0.25, -0.2) is 8.42 Å². The summed E-state index contributed by atoms with van der Waals surface area (Å²) in [6.45, 7) is 3.46. The van der Waals surface area contributed by atoms with Crippen molar-refractivity contribution < 1.29 is 13.2 Å². The zero-order valence-electron chi connectivity index (χ0n) is 9.64. The summed E-state index contributed by atoms with van der Waals surface area (Å²) in [6, 6.07) is 0. The number of sulfonamides is 1. The van der Waals surface area contributed by atoms with E-state index in [4.69, 9.17) is 10.5 Å². The van der Waals surface area contributed by atoms with Crippen LogP contribution in [0, 0.1) is 6.92 Å². The lowest BCUT2D eigenvalue weighted by atomic mass is 10.3. The summed E-state index contributed by atoms with van der Waals surface area (Å²) in [4.78, 5) is 0. The lowest BCUT2D eigenvalue weighted by Gasteiger charge is -2.25. The van der Waals surface area contributed by atoms with Crippen LogP contribution in [0.5, 0.6) is 0 Å². The Morgan fingerprint density at radius 1 is 1.47 bits per heavy atom. The minimum atomic E-state index is -3.55. The third-order valence-electron chi connectivity index (χ3n) is 2.79. The summed E-state index contributed by atoms with van der Waals surface area (Å²) in [5.74, 6) is 0. The van der Waals surface area contributed by atoms with E-state index in [1.165, 1.54) is 4.31 Å². The van der Waals surface area contributed by atoms with Crippen LogP contribution in [-0.2, 0) is 21.3 Å². The molecule has 7 nitrogen and oxygen atoms in total. The zero-order valence-corrected chi connectivity index (χ0v) is 10.5. The molecule has 1 fully saturated rings. The van der Waals surface area contributed by atoms with Gasteiger partial charge < -0.3 is 10.5 Å². The van der Waals surface area contributed by atoms with E-state index in [1.54, 1.807) is 6.92 Å². The molecule has 1 aromatic rings. The first-order valence-corrected chi connectivity index (χ1v) is 6.83. The third-order valence-corrected chi connectivity index (χ3v) is 4.67. The Labute approximate surface area is 100.0 Å². The highest BCUT2D eigenvalue weighted by Gasteiger charge is 2.31. The summed E-state index contributed by atoms with van der Waals surface area (Å²) >= 11 is 0. The Balaban J connectivity index is 2.36.